The van der Waals surface area contributed by atoms with Crippen molar-refractivity contribution in [1.29, 1.82) is 0 Å². The maximum absolute atomic E-state index is 13.8. The molecular formula is C32H40FN3O3. The summed E-state index contributed by atoms with van der Waals surface area (Å²) in [6, 6.07) is 12.2. The fourth-order valence-corrected chi connectivity index (χ4v) is 6.33. The molecule has 0 unspecified atom stereocenters. The molecule has 7 heteroatoms. The minimum atomic E-state index is -0.571. The van der Waals surface area contributed by atoms with E-state index in [0.717, 1.165) is 68.4 Å². The highest BCUT2D eigenvalue weighted by Gasteiger charge is 2.37. The summed E-state index contributed by atoms with van der Waals surface area (Å²) >= 11 is 0. The molecule has 2 aromatic carbocycles. The van der Waals surface area contributed by atoms with Crippen LogP contribution in [0.1, 0.15) is 61.8 Å². The molecule has 3 aliphatic rings. The van der Waals surface area contributed by atoms with Crippen molar-refractivity contribution in [1.82, 2.24) is 14.7 Å². The van der Waals surface area contributed by atoms with Gasteiger partial charge in [0.05, 0.1) is 6.04 Å². The van der Waals surface area contributed by atoms with Gasteiger partial charge in [0.25, 0.3) is 5.91 Å². The zero-order valence-corrected chi connectivity index (χ0v) is 23.0. The summed E-state index contributed by atoms with van der Waals surface area (Å²) in [5.41, 5.74) is 3.04. The van der Waals surface area contributed by atoms with Crippen LogP contribution in [0.5, 0.6) is 5.75 Å². The van der Waals surface area contributed by atoms with Crippen molar-refractivity contribution in [3.05, 3.63) is 77.6 Å². The summed E-state index contributed by atoms with van der Waals surface area (Å²) in [5, 5.41) is 0. The highest BCUT2D eigenvalue weighted by molar-refractivity contribution is 5.82. The van der Waals surface area contributed by atoms with E-state index in [-0.39, 0.29) is 29.6 Å². The average Bonchev–Trinajstić information content (AvgIpc) is 3.51. The van der Waals surface area contributed by atoms with Gasteiger partial charge in [-0.25, -0.2) is 4.39 Å². The number of fused-ring (bicyclic) bond motifs is 1. The molecule has 5 rings (SSSR count). The number of ether oxygens (including phenoxy) is 1. The molecule has 0 N–H and O–H groups in total. The van der Waals surface area contributed by atoms with Gasteiger partial charge in [-0.3, -0.25) is 14.5 Å². The number of carbonyl (C=O) groups excluding carboxylic acids is 2. The third kappa shape index (κ3) is 6.03. The van der Waals surface area contributed by atoms with E-state index in [9.17, 15) is 14.0 Å². The van der Waals surface area contributed by atoms with Gasteiger partial charge in [-0.15, -0.1) is 6.58 Å². The van der Waals surface area contributed by atoms with Crippen LogP contribution in [0.25, 0.3) is 0 Å². The predicted molar refractivity (Wildman–Crippen MR) is 150 cm³/mol. The smallest absolute Gasteiger partial charge is 0.263 e. The van der Waals surface area contributed by atoms with Gasteiger partial charge in [-0.2, -0.15) is 0 Å². The van der Waals surface area contributed by atoms with Crippen LogP contribution in [0, 0.1) is 11.7 Å². The second-order valence-corrected chi connectivity index (χ2v) is 11.0. The minimum absolute atomic E-state index is 0.0154. The van der Waals surface area contributed by atoms with Crippen LogP contribution >= 0.6 is 0 Å². The molecule has 2 fully saturated rings. The third-order valence-electron chi connectivity index (χ3n) is 8.51. The largest absolute Gasteiger partial charge is 0.481 e. The number of amides is 2. The van der Waals surface area contributed by atoms with Crippen LogP contribution in [-0.4, -0.2) is 71.9 Å². The summed E-state index contributed by atoms with van der Waals surface area (Å²) in [5.74, 6) is 0.595. The Morgan fingerprint density at radius 1 is 1.05 bits per heavy atom. The van der Waals surface area contributed by atoms with E-state index in [1.165, 1.54) is 12.1 Å². The van der Waals surface area contributed by atoms with E-state index >= 15 is 0 Å². The number of rotatable bonds is 8. The number of piperazine rings is 1. The van der Waals surface area contributed by atoms with Gasteiger partial charge in [0, 0.05) is 45.2 Å². The van der Waals surface area contributed by atoms with Crippen LogP contribution < -0.4 is 4.74 Å². The van der Waals surface area contributed by atoms with E-state index in [0.29, 0.717) is 31.8 Å². The van der Waals surface area contributed by atoms with Gasteiger partial charge >= 0.3 is 0 Å². The zero-order valence-electron chi connectivity index (χ0n) is 23.0. The van der Waals surface area contributed by atoms with Gasteiger partial charge in [-0.1, -0.05) is 44.0 Å². The summed E-state index contributed by atoms with van der Waals surface area (Å²) in [6.07, 6.45) is 6.71. The number of hydrogen-bond donors (Lipinski definition) is 0. The Hall–Kier alpha value is -3.19. The molecule has 0 spiro atoms. The molecular weight excluding hydrogens is 493 g/mol. The predicted octanol–water partition coefficient (Wildman–Crippen LogP) is 4.98. The molecule has 0 radical (unpaired) electrons. The number of carbonyl (C=O) groups is 2. The lowest BCUT2D eigenvalue weighted by molar-refractivity contribution is -0.140. The number of halogens is 1. The first kappa shape index (κ1) is 27.4. The first-order valence-corrected chi connectivity index (χ1v) is 14.5. The van der Waals surface area contributed by atoms with Crippen molar-refractivity contribution < 1.29 is 18.7 Å². The van der Waals surface area contributed by atoms with Crippen molar-refractivity contribution >= 4 is 11.8 Å². The van der Waals surface area contributed by atoms with Crippen molar-refractivity contribution in [2.24, 2.45) is 5.92 Å². The Morgan fingerprint density at radius 2 is 1.77 bits per heavy atom. The molecule has 208 valence electrons. The topological polar surface area (TPSA) is 53.1 Å². The summed E-state index contributed by atoms with van der Waals surface area (Å²) in [7, 11) is 0. The lowest BCUT2D eigenvalue weighted by Crippen LogP contribution is -2.52. The van der Waals surface area contributed by atoms with Crippen molar-refractivity contribution in [2.45, 2.75) is 57.6 Å². The molecule has 2 heterocycles. The second-order valence-electron chi connectivity index (χ2n) is 11.0. The Balaban J connectivity index is 1.39. The van der Waals surface area contributed by atoms with E-state index in [1.807, 2.05) is 34.9 Å². The molecule has 2 aliphatic heterocycles. The maximum atomic E-state index is 13.8. The van der Waals surface area contributed by atoms with Crippen LogP contribution in [-0.2, 0) is 16.0 Å². The van der Waals surface area contributed by atoms with E-state index < -0.39 is 6.10 Å². The molecule has 1 saturated carbocycles. The standard InChI is InChI=1S/C32H40FN3O3/c1-3-16-34-18-20-35(21-19-34)32(38)29(4-2)39-27-14-11-23-15-17-36(31(37)25-7-5-6-8-25)30(28(23)22-27)24-9-12-26(33)13-10-24/h3,9-14,22,25,29-30H,1,4-8,15-21H2,2H3/t29-,30+/m0/s1. The van der Waals surface area contributed by atoms with E-state index in [1.54, 1.807) is 12.1 Å². The second kappa shape index (κ2) is 12.3. The third-order valence-corrected chi connectivity index (χ3v) is 8.51. The van der Waals surface area contributed by atoms with Crippen LogP contribution in [0.15, 0.2) is 55.1 Å². The summed E-state index contributed by atoms with van der Waals surface area (Å²) in [6.45, 7) is 10.3. The fourth-order valence-electron chi connectivity index (χ4n) is 6.33. The van der Waals surface area contributed by atoms with Gasteiger partial charge < -0.3 is 14.5 Å². The molecule has 0 bridgehead atoms. The number of benzene rings is 2. The zero-order chi connectivity index (χ0) is 27.4. The lowest BCUT2D eigenvalue weighted by Gasteiger charge is -2.39. The molecule has 1 aliphatic carbocycles. The first-order valence-electron chi connectivity index (χ1n) is 14.5. The van der Waals surface area contributed by atoms with Crippen LogP contribution in [0.3, 0.4) is 0 Å². The number of nitrogens with zero attached hydrogens (tertiary/aromatic N) is 3. The normalized spacial score (nSPS) is 20.9. The van der Waals surface area contributed by atoms with E-state index in [4.69, 9.17) is 4.74 Å². The highest BCUT2D eigenvalue weighted by Crippen LogP contribution is 2.40. The Bertz CT molecular complexity index is 1170. The maximum Gasteiger partial charge on any atom is 0.263 e. The average molecular weight is 534 g/mol. The molecule has 1 saturated heterocycles. The van der Waals surface area contributed by atoms with Crippen molar-refractivity contribution in [3.63, 3.8) is 0 Å². The summed E-state index contributed by atoms with van der Waals surface area (Å²) < 4.78 is 20.2. The van der Waals surface area contributed by atoms with Gasteiger partial charge in [-0.05, 0) is 66.6 Å². The quantitative estimate of drug-likeness (QED) is 0.450. The Kier molecular flexibility index (Phi) is 8.66. The molecule has 39 heavy (non-hydrogen) atoms. The molecule has 2 aromatic rings. The van der Waals surface area contributed by atoms with Gasteiger partial charge in [0.15, 0.2) is 6.10 Å². The SMILES string of the molecule is C=CCN1CCN(C(=O)[C@H](CC)Oc2ccc3c(c2)[C@@H](c2ccc(F)cc2)N(C(=O)C2CCCC2)CC3)CC1. The van der Waals surface area contributed by atoms with Gasteiger partial charge in [0.1, 0.15) is 11.6 Å². The van der Waals surface area contributed by atoms with Crippen LogP contribution in [0.2, 0.25) is 0 Å². The monoisotopic (exact) mass is 533 g/mol. The van der Waals surface area contributed by atoms with E-state index in [2.05, 4.69) is 17.5 Å². The molecule has 6 nitrogen and oxygen atoms in total. The minimum Gasteiger partial charge on any atom is -0.481 e. The highest BCUT2D eigenvalue weighted by atomic mass is 19.1. The fraction of sp³-hybridized carbons (Fsp3) is 0.500. The van der Waals surface area contributed by atoms with Gasteiger partial charge in [0.2, 0.25) is 5.91 Å². The first-order chi connectivity index (χ1) is 19.0. The molecule has 0 aromatic heterocycles. The molecule has 2 atom stereocenters. The number of hydrogen-bond acceptors (Lipinski definition) is 4. The molecule has 2 amide bonds. The van der Waals surface area contributed by atoms with Crippen molar-refractivity contribution in [2.75, 3.05) is 39.3 Å². The lowest BCUT2D eigenvalue weighted by atomic mass is 9.87. The summed E-state index contributed by atoms with van der Waals surface area (Å²) in [4.78, 5) is 33.2. The van der Waals surface area contributed by atoms with Crippen LogP contribution in [0.4, 0.5) is 4.39 Å². The Morgan fingerprint density at radius 3 is 2.44 bits per heavy atom. The van der Waals surface area contributed by atoms with Crippen molar-refractivity contribution in [3.8, 4) is 5.75 Å². The Labute approximate surface area is 231 Å².